The lowest BCUT2D eigenvalue weighted by molar-refractivity contribution is 0.168. The second-order valence-electron chi connectivity index (χ2n) is 6.75. The van der Waals surface area contributed by atoms with Gasteiger partial charge in [0, 0.05) is 13.1 Å². The standard InChI is InChI=1S/C22H28N6O/c1-2-24-22(25-12-11-21(29)20-9-4-3-5-10-20)26-14-18-7-6-8-19(13-18)15-28-17-23-16-27-28/h3-10,13,16-17,21,29H,2,11-12,14-15H2,1H3,(H2,24,25,26). The molecule has 0 fully saturated rings. The number of aromatic nitrogens is 3. The van der Waals surface area contributed by atoms with Crippen LogP contribution >= 0.6 is 0 Å². The van der Waals surface area contributed by atoms with Crippen LogP contribution < -0.4 is 10.6 Å². The highest BCUT2D eigenvalue weighted by atomic mass is 16.3. The number of hydrogen-bond acceptors (Lipinski definition) is 4. The van der Waals surface area contributed by atoms with Gasteiger partial charge < -0.3 is 15.7 Å². The number of nitrogens with zero attached hydrogens (tertiary/aromatic N) is 4. The highest BCUT2D eigenvalue weighted by molar-refractivity contribution is 5.79. The zero-order valence-corrected chi connectivity index (χ0v) is 16.7. The van der Waals surface area contributed by atoms with Gasteiger partial charge in [-0.2, -0.15) is 5.10 Å². The highest BCUT2D eigenvalue weighted by Gasteiger charge is 2.07. The van der Waals surface area contributed by atoms with Crippen LogP contribution in [-0.4, -0.2) is 38.9 Å². The van der Waals surface area contributed by atoms with Crippen LogP contribution in [0.3, 0.4) is 0 Å². The Morgan fingerprint density at radius 2 is 1.93 bits per heavy atom. The smallest absolute Gasteiger partial charge is 0.191 e. The lowest BCUT2D eigenvalue weighted by Gasteiger charge is -2.14. The van der Waals surface area contributed by atoms with E-state index in [2.05, 4.69) is 43.9 Å². The van der Waals surface area contributed by atoms with Gasteiger partial charge in [-0.3, -0.25) is 0 Å². The van der Waals surface area contributed by atoms with E-state index in [4.69, 9.17) is 0 Å². The molecule has 1 heterocycles. The lowest BCUT2D eigenvalue weighted by atomic mass is 10.1. The first-order chi connectivity index (χ1) is 14.2. The molecule has 152 valence electrons. The molecule has 1 atom stereocenters. The molecule has 7 nitrogen and oxygen atoms in total. The zero-order chi connectivity index (χ0) is 20.3. The van der Waals surface area contributed by atoms with Crippen molar-refractivity contribution in [3.63, 3.8) is 0 Å². The van der Waals surface area contributed by atoms with Gasteiger partial charge in [-0.15, -0.1) is 0 Å². The van der Waals surface area contributed by atoms with Crippen molar-refractivity contribution in [2.24, 2.45) is 4.99 Å². The second kappa shape index (κ2) is 11.0. The van der Waals surface area contributed by atoms with Crippen LogP contribution in [0.1, 0.15) is 36.1 Å². The Hall–Kier alpha value is -3.19. The Labute approximate surface area is 171 Å². The maximum Gasteiger partial charge on any atom is 0.191 e. The summed E-state index contributed by atoms with van der Waals surface area (Å²) in [4.78, 5) is 8.65. The lowest BCUT2D eigenvalue weighted by Crippen LogP contribution is -2.38. The van der Waals surface area contributed by atoms with E-state index >= 15 is 0 Å². The number of aliphatic hydroxyl groups excluding tert-OH is 1. The summed E-state index contributed by atoms with van der Waals surface area (Å²) in [5, 5.41) is 21.0. The van der Waals surface area contributed by atoms with Crippen LogP contribution in [0.15, 0.2) is 72.2 Å². The van der Waals surface area contributed by atoms with E-state index in [1.807, 2.05) is 43.3 Å². The van der Waals surface area contributed by atoms with Gasteiger partial charge in [0.15, 0.2) is 5.96 Å². The van der Waals surface area contributed by atoms with E-state index in [0.29, 0.717) is 26.1 Å². The minimum absolute atomic E-state index is 0.486. The van der Waals surface area contributed by atoms with Crippen molar-refractivity contribution in [2.45, 2.75) is 32.5 Å². The van der Waals surface area contributed by atoms with Gasteiger partial charge in [0.25, 0.3) is 0 Å². The molecule has 3 aromatic rings. The van der Waals surface area contributed by atoms with Crippen LogP contribution in [0.2, 0.25) is 0 Å². The highest BCUT2D eigenvalue weighted by Crippen LogP contribution is 2.14. The van der Waals surface area contributed by atoms with E-state index in [0.717, 1.165) is 29.2 Å². The molecule has 29 heavy (non-hydrogen) atoms. The fourth-order valence-electron chi connectivity index (χ4n) is 3.01. The summed E-state index contributed by atoms with van der Waals surface area (Å²) in [6.07, 6.45) is 3.38. The van der Waals surface area contributed by atoms with Crippen molar-refractivity contribution in [3.8, 4) is 0 Å². The van der Waals surface area contributed by atoms with Gasteiger partial charge in [-0.1, -0.05) is 54.6 Å². The van der Waals surface area contributed by atoms with Gasteiger partial charge in [0.05, 0.1) is 19.2 Å². The van der Waals surface area contributed by atoms with E-state index in [9.17, 15) is 5.11 Å². The fraction of sp³-hybridized carbons (Fsp3) is 0.318. The molecular weight excluding hydrogens is 364 g/mol. The van der Waals surface area contributed by atoms with Crippen LogP contribution in [0.25, 0.3) is 0 Å². The average Bonchev–Trinajstić information content (AvgIpc) is 3.26. The number of hydrogen-bond donors (Lipinski definition) is 3. The summed E-state index contributed by atoms with van der Waals surface area (Å²) in [6.45, 7) is 4.71. The topological polar surface area (TPSA) is 87.4 Å². The molecule has 0 amide bonds. The maximum absolute atomic E-state index is 10.3. The minimum Gasteiger partial charge on any atom is -0.388 e. The number of aliphatic imine (C=N–C) groups is 1. The summed E-state index contributed by atoms with van der Waals surface area (Å²) in [5.74, 6) is 0.745. The van der Waals surface area contributed by atoms with Crippen LogP contribution in [0.4, 0.5) is 0 Å². The van der Waals surface area contributed by atoms with Crippen LogP contribution in [-0.2, 0) is 13.1 Å². The third-order valence-electron chi connectivity index (χ3n) is 4.46. The Morgan fingerprint density at radius 1 is 1.10 bits per heavy atom. The number of aliphatic hydroxyl groups is 1. The molecule has 0 spiro atoms. The van der Waals surface area contributed by atoms with E-state index in [-0.39, 0.29) is 0 Å². The first-order valence-corrected chi connectivity index (χ1v) is 9.90. The van der Waals surface area contributed by atoms with Crippen molar-refractivity contribution in [2.75, 3.05) is 13.1 Å². The predicted molar refractivity (Wildman–Crippen MR) is 114 cm³/mol. The molecule has 0 bridgehead atoms. The van der Waals surface area contributed by atoms with Crippen molar-refractivity contribution < 1.29 is 5.11 Å². The molecule has 1 aromatic heterocycles. The minimum atomic E-state index is -0.486. The van der Waals surface area contributed by atoms with Gasteiger partial charge in [0.2, 0.25) is 0 Å². The third-order valence-corrected chi connectivity index (χ3v) is 4.46. The summed E-state index contributed by atoms with van der Waals surface area (Å²) >= 11 is 0. The van der Waals surface area contributed by atoms with E-state index < -0.39 is 6.10 Å². The molecule has 7 heteroatoms. The molecule has 1 unspecified atom stereocenters. The average molecular weight is 393 g/mol. The molecule has 3 rings (SSSR count). The van der Waals surface area contributed by atoms with Crippen molar-refractivity contribution in [1.82, 2.24) is 25.4 Å². The number of rotatable bonds is 9. The van der Waals surface area contributed by atoms with E-state index in [1.165, 1.54) is 6.33 Å². The summed E-state index contributed by atoms with van der Waals surface area (Å²) < 4.78 is 1.80. The van der Waals surface area contributed by atoms with E-state index in [1.54, 1.807) is 11.0 Å². The Bertz CT molecular complexity index is 879. The third kappa shape index (κ3) is 6.73. The van der Waals surface area contributed by atoms with Crippen molar-refractivity contribution >= 4 is 5.96 Å². The number of guanidine groups is 1. The van der Waals surface area contributed by atoms with Gasteiger partial charge in [0.1, 0.15) is 12.7 Å². The SMILES string of the molecule is CCNC(=NCc1cccc(Cn2cncn2)c1)NCCC(O)c1ccccc1. The Morgan fingerprint density at radius 3 is 2.69 bits per heavy atom. The van der Waals surface area contributed by atoms with Gasteiger partial charge in [-0.05, 0) is 30.0 Å². The molecule has 0 saturated heterocycles. The van der Waals surface area contributed by atoms with Crippen molar-refractivity contribution in [3.05, 3.63) is 83.9 Å². The quantitative estimate of drug-likeness (QED) is 0.385. The fourth-order valence-corrected chi connectivity index (χ4v) is 3.01. The first-order valence-electron chi connectivity index (χ1n) is 9.90. The Kier molecular flexibility index (Phi) is 7.77. The summed E-state index contributed by atoms with van der Waals surface area (Å²) in [6, 6.07) is 18.0. The van der Waals surface area contributed by atoms with Crippen molar-refractivity contribution in [1.29, 1.82) is 0 Å². The van der Waals surface area contributed by atoms with Crippen LogP contribution in [0.5, 0.6) is 0 Å². The Balaban J connectivity index is 1.53. The summed E-state index contributed by atoms with van der Waals surface area (Å²) in [5.41, 5.74) is 3.22. The molecular formula is C22H28N6O. The largest absolute Gasteiger partial charge is 0.388 e. The molecule has 0 aliphatic rings. The molecule has 0 aliphatic carbocycles. The monoisotopic (exact) mass is 392 g/mol. The molecule has 3 N–H and O–H groups in total. The summed E-state index contributed by atoms with van der Waals surface area (Å²) in [7, 11) is 0. The molecule has 0 radical (unpaired) electrons. The normalized spacial score (nSPS) is 12.6. The molecule has 2 aromatic carbocycles. The van der Waals surface area contributed by atoms with Gasteiger partial charge in [-0.25, -0.2) is 14.7 Å². The zero-order valence-electron chi connectivity index (χ0n) is 16.7. The first kappa shape index (κ1) is 20.5. The number of nitrogens with one attached hydrogen (secondary N) is 2. The number of benzene rings is 2. The molecule has 0 aliphatic heterocycles. The molecule has 0 saturated carbocycles. The second-order valence-corrected chi connectivity index (χ2v) is 6.75. The predicted octanol–water partition coefficient (Wildman–Crippen LogP) is 2.51. The van der Waals surface area contributed by atoms with Gasteiger partial charge >= 0.3 is 0 Å². The van der Waals surface area contributed by atoms with Crippen LogP contribution in [0, 0.1) is 0 Å². The maximum atomic E-state index is 10.3.